The number of anilines is 2. The van der Waals surface area contributed by atoms with E-state index in [1.807, 2.05) is 26.0 Å². The fourth-order valence-corrected chi connectivity index (χ4v) is 4.57. The predicted octanol–water partition coefficient (Wildman–Crippen LogP) is 4.74. The molecule has 7 heteroatoms. The largest absolute Gasteiger partial charge is 0.478 e. The number of aryl methyl sites for hydroxylation is 1. The summed E-state index contributed by atoms with van der Waals surface area (Å²) in [4.78, 5) is 32.2. The van der Waals surface area contributed by atoms with E-state index in [2.05, 4.69) is 24.1 Å². The van der Waals surface area contributed by atoms with Crippen molar-refractivity contribution in [2.24, 2.45) is 12.5 Å². The van der Waals surface area contributed by atoms with Crippen molar-refractivity contribution >= 4 is 28.5 Å². The molecule has 2 aromatic carbocycles. The van der Waals surface area contributed by atoms with E-state index in [1.165, 1.54) is 0 Å². The first-order valence-corrected chi connectivity index (χ1v) is 11.4. The van der Waals surface area contributed by atoms with E-state index < -0.39 is 5.97 Å². The maximum absolute atomic E-state index is 13.3. The van der Waals surface area contributed by atoms with Crippen LogP contribution in [-0.4, -0.2) is 33.7 Å². The fourth-order valence-electron chi connectivity index (χ4n) is 4.57. The Morgan fingerprint density at radius 2 is 1.85 bits per heavy atom. The summed E-state index contributed by atoms with van der Waals surface area (Å²) in [5, 5.41) is 13.5. The highest BCUT2D eigenvalue weighted by Crippen LogP contribution is 2.33. The second kappa shape index (κ2) is 8.54. The lowest BCUT2D eigenvalue weighted by atomic mass is 9.83. The third-order valence-electron chi connectivity index (χ3n) is 6.73. The minimum atomic E-state index is -0.985. The van der Waals surface area contributed by atoms with E-state index in [4.69, 9.17) is 4.98 Å². The fraction of sp³-hybridized carbons (Fsp3) is 0.423. The van der Waals surface area contributed by atoms with Gasteiger partial charge in [0.1, 0.15) is 0 Å². The Morgan fingerprint density at radius 1 is 1.18 bits per heavy atom. The van der Waals surface area contributed by atoms with Crippen molar-refractivity contribution in [3.8, 4) is 0 Å². The van der Waals surface area contributed by atoms with Gasteiger partial charge >= 0.3 is 5.97 Å². The Labute approximate surface area is 194 Å². The van der Waals surface area contributed by atoms with Gasteiger partial charge in [-0.25, -0.2) is 9.78 Å². The summed E-state index contributed by atoms with van der Waals surface area (Å²) in [7, 11) is 1.79. The topological polar surface area (TPSA) is 87.5 Å². The van der Waals surface area contributed by atoms with Crippen LogP contribution in [0.5, 0.6) is 0 Å². The smallest absolute Gasteiger partial charge is 0.337 e. The van der Waals surface area contributed by atoms with Crippen LogP contribution in [-0.2, 0) is 7.05 Å². The number of hydrogen-bond acceptors (Lipinski definition) is 5. The SMILES string of the molecule is Cc1cc([C@@H](C)Nc2ccccc2C(=O)O)c2nc(N3CCC(C)(C)CC3)n(C)c(=O)c2c1. The first-order chi connectivity index (χ1) is 15.6. The van der Waals surface area contributed by atoms with Gasteiger partial charge in [0.2, 0.25) is 5.95 Å². The van der Waals surface area contributed by atoms with Crippen molar-refractivity contribution in [2.75, 3.05) is 23.3 Å². The van der Waals surface area contributed by atoms with Crippen LogP contribution in [0.4, 0.5) is 11.6 Å². The molecule has 1 aliphatic heterocycles. The molecule has 0 radical (unpaired) electrons. The van der Waals surface area contributed by atoms with Crippen molar-refractivity contribution in [2.45, 2.75) is 46.6 Å². The maximum Gasteiger partial charge on any atom is 0.337 e. The number of nitrogens with zero attached hydrogens (tertiary/aromatic N) is 3. The van der Waals surface area contributed by atoms with E-state index in [-0.39, 0.29) is 17.2 Å². The summed E-state index contributed by atoms with van der Waals surface area (Å²) in [6.45, 7) is 10.2. The lowest BCUT2D eigenvalue weighted by molar-refractivity contribution is 0.0698. The molecule has 1 aliphatic rings. The number of fused-ring (bicyclic) bond motifs is 1. The van der Waals surface area contributed by atoms with E-state index in [9.17, 15) is 14.7 Å². The van der Waals surface area contributed by atoms with Crippen molar-refractivity contribution in [1.29, 1.82) is 0 Å². The molecule has 174 valence electrons. The number of benzene rings is 2. The number of piperidine rings is 1. The van der Waals surface area contributed by atoms with E-state index in [1.54, 1.807) is 35.9 Å². The Bertz CT molecular complexity index is 1270. The van der Waals surface area contributed by atoms with Crippen molar-refractivity contribution in [1.82, 2.24) is 9.55 Å². The molecule has 4 rings (SSSR count). The molecule has 3 aromatic rings. The third kappa shape index (κ3) is 4.45. The van der Waals surface area contributed by atoms with Gasteiger partial charge in [0.25, 0.3) is 5.56 Å². The quantitative estimate of drug-likeness (QED) is 0.586. The van der Waals surface area contributed by atoms with Crippen LogP contribution in [0.3, 0.4) is 0 Å². The number of hydrogen-bond donors (Lipinski definition) is 2. The van der Waals surface area contributed by atoms with Gasteiger partial charge in [-0.05, 0) is 55.9 Å². The highest BCUT2D eigenvalue weighted by Gasteiger charge is 2.28. The highest BCUT2D eigenvalue weighted by molar-refractivity contribution is 5.94. The van der Waals surface area contributed by atoms with Crippen molar-refractivity contribution in [3.63, 3.8) is 0 Å². The molecular formula is C26H32N4O3. The Hall–Kier alpha value is -3.35. The first-order valence-electron chi connectivity index (χ1n) is 11.4. The van der Waals surface area contributed by atoms with Crippen LogP contribution < -0.4 is 15.8 Å². The second-order valence-electron chi connectivity index (χ2n) is 9.89. The molecule has 2 heterocycles. The minimum Gasteiger partial charge on any atom is -0.478 e. The van der Waals surface area contributed by atoms with Gasteiger partial charge in [-0.3, -0.25) is 9.36 Å². The van der Waals surface area contributed by atoms with Gasteiger partial charge in [-0.2, -0.15) is 0 Å². The van der Waals surface area contributed by atoms with Crippen LogP contribution in [0.2, 0.25) is 0 Å². The average Bonchev–Trinajstić information content (AvgIpc) is 2.76. The standard InChI is InChI=1S/C26H32N4O3/c1-16-14-19(17(2)27-21-9-7-6-8-18(21)24(32)33)22-20(15-16)23(31)29(5)25(28-22)30-12-10-26(3,4)11-13-30/h6-9,14-15,17,27H,10-13H2,1-5H3,(H,32,33)/t17-/m1/s1. The van der Waals surface area contributed by atoms with Crippen molar-refractivity contribution in [3.05, 3.63) is 63.4 Å². The van der Waals surface area contributed by atoms with Crippen LogP contribution in [0, 0.1) is 12.3 Å². The number of nitrogens with one attached hydrogen (secondary N) is 1. The Balaban J connectivity index is 1.80. The minimum absolute atomic E-state index is 0.0667. The molecule has 0 aliphatic carbocycles. The normalized spacial score (nSPS) is 16.6. The zero-order valence-corrected chi connectivity index (χ0v) is 20.0. The molecule has 0 amide bonds. The van der Waals surface area contributed by atoms with Gasteiger partial charge in [-0.1, -0.05) is 32.0 Å². The summed E-state index contributed by atoms with van der Waals surface area (Å²) < 4.78 is 1.65. The second-order valence-corrected chi connectivity index (χ2v) is 9.89. The molecule has 1 fully saturated rings. The molecule has 0 spiro atoms. The van der Waals surface area contributed by atoms with Gasteiger partial charge < -0.3 is 15.3 Å². The summed E-state index contributed by atoms with van der Waals surface area (Å²) in [6, 6.07) is 10.5. The number of carboxylic acid groups (broad SMARTS) is 1. The number of carboxylic acids is 1. The molecule has 1 saturated heterocycles. The van der Waals surface area contributed by atoms with Crippen LogP contribution in [0.15, 0.2) is 41.2 Å². The molecule has 7 nitrogen and oxygen atoms in total. The molecule has 1 atom stereocenters. The lowest BCUT2D eigenvalue weighted by Gasteiger charge is -2.38. The first kappa shape index (κ1) is 22.8. The molecule has 0 saturated carbocycles. The van der Waals surface area contributed by atoms with Gasteiger partial charge in [0.05, 0.1) is 22.5 Å². The summed E-state index contributed by atoms with van der Waals surface area (Å²) >= 11 is 0. The van der Waals surface area contributed by atoms with Crippen molar-refractivity contribution < 1.29 is 9.90 Å². The number of aromatic carboxylic acids is 1. The van der Waals surface area contributed by atoms with E-state index in [0.29, 0.717) is 28.0 Å². The number of para-hydroxylation sites is 1. The molecule has 0 unspecified atom stereocenters. The highest BCUT2D eigenvalue weighted by atomic mass is 16.4. The van der Waals surface area contributed by atoms with Crippen LogP contribution >= 0.6 is 0 Å². The monoisotopic (exact) mass is 448 g/mol. The maximum atomic E-state index is 13.3. The van der Waals surface area contributed by atoms with Gasteiger partial charge in [0.15, 0.2) is 0 Å². The summed E-state index contributed by atoms with van der Waals surface area (Å²) in [6.07, 6.45) is 2.09. The molecular weight excluding hydrogens is 416 g/mol. The lowest BCUT2D eigenvalue weighted by Crippen LogP contribution is -2.40. The number of aromatic nitrogens is 2. The van der Waals surface area contributed by atoms with E-state index >= 15 is 0 Å². The average molecular weight is 449 g/mol. The molecule has 0 bridgehead atoms. The summed E-state index contributed by atoms with van der Waals surface area (Å²) in [5.41, 5.74) is 3.48. The zero-order chi connectivity index (χ0) is 23.9. The molecule has 1 aromatic heterocycles. The Kier molecular flexibility index (Phi) is 5.91. The molecule has 2 N–H and O–H groups in total. The summed E-state index contributed by atoms with van der Waals surface area (Å²) in [5.74, 6) is -0.298. The number of rotatable bonds is 5. The predicted molar refractivity (Wildman–Crippen MR) is 132 cm³/mol. The van der Waals surface area contributed by atoms with Crippen LogP contribution in [0.25, 0.3) is 10.9 Å². The van der Waals surface area contributed by atoms with Crippen LogP contribution in [0.1, 0.15) is 61.1 Å². The van der Waals surface area contributed by atoms with Gasteiger partial charge in [0, 0.05) is 31.4 Å². The zero-order valence-electron chi connectivity index (χ0n) is 20.0. The number of carbonyl (C=O) groups is 1. The third-order valence-corrected chi connectivity index (χ3v) is 6.73. The van der Waals surface area contributed by atoms with Gasteiger partial charge in [-0.15, -0.1) is 0 Å². The van der Waals surface area contributed by atoms with E-state index in [0.717, 1.165) is 37.1 Å². The molecule has 33 heavy (non-hydrogen) atoms. The Morgan fingerprint density at radius 3 is 2.52 bits per heavy atom.